The smallest absolute Gasteiger partial charge is 0.191 e. The van der Waals surface area contributed by atoms with Crippen molar-refractivity contribution in [3.8, 4) is 0 Å². The number of benzene rings is 1. The zero-order chi connectivity index (χ0) is 12.3. The molecule has 16 heavy (non-hydrogen) atoms. The highest BCUT2D eigenvalue weighted by Crippen LogP contribution is 2.29. The van der Waals surface area contributed by atoms with Gasteiger partial charge in [0.1, 0.15) is 0 Å². The third-order valence-electron chi connectivity index (χ3n) is 2.38. The topological polar surface area (TPSA) is 69.6 Å². The lowest BCUT2D eigenvalue weighted by Crippen LogP contribution is -2.27. The quantitative estimate of drug-likeness (QED) is 0.664. The largest absolute Gasteiger partial charge is 0.768 e. The van der Waals surface area contributed by atoms with Crippen LogP contribution in [-0.4, -0.2) is 21.0 Å². The van der Waals surface area contributed by atoms with Crippen LogP contribution in [0.5, 0.6) is 0 Å². The van der Waals surface area contributed by atoms with Crippen molar-refractivity contribution in [2.75, 3.05) is 7.11 Å². The lowest BCUT2D eigenvalue weighted by Gasteiger charge is -2.26. The molecule has 90 valence electrons. The number of aliphatic hydroxyl groups is 1. The van der Waals surface area contributed by atoms with Crippen molar-refractivity contribution in [1.29, 1.82) is 0 Å². The molecular formula is C10H12ClO4S-. The van der Waals surface area contributed by atoms with E-state index in [1.54, 1.807) is 6.92 Å². The first kappa shape index (κ1) is 13.6. The second-order valence-electron chi connectivity index (χ2n) is 3.22. The van der Waals surface area contributed by atoms with Gasteiger partial charge >= 0.3 is 0 Å². The van der Waals surface area contributed by atoms with Crippen LogP contribution in [0.1, 0.15) is 18.9 Å². The molecule has 1 unspecified atom stereocenters. The number of hydrogen-bond donors (Lipinski definition) is 1. The molecule has 0 aliphatic carbocycles. The van der Waals surface area contributed by atoms with Gasteiger partial charge in [-0.3, -0.25) is 4.21 Å². The monoisotopic (exact) mass is 263 g/mol. The van der Waals surface area contributed by atoms with Crippen molar-refractivity contribution in [3.63, 3.8) is 0 Å². The Bertz CT molecular complexity index is 404. The van der Waals surface area contributed by atoms with Crippen LogP contribution >= 0.6 is 11.6 Å². The Morgan fingerprint density at radius 3 is 2.69 bits per heavy atom. The highest BCUT2D eigenvalue weighted by molar-refractivity contribution is 7.79. The first-order valence-electron chi connectivity index (χ1n) is 4.61. The van der Waals surface area contributed by atoms with Gasteiger partial charge in [-0.05, 0) is 23.2 Å². The molecule has 0 aliphatic rings. The molecule has 4 nitrogen and oxygen atoms in total. The molecule has 0 bridgehead atoms. The van der Waals surface area contributed by atoms with Crippen molar-refractivity contribution in [2.24, 2.45) is 0 Å². The molecule has 1 aromatic rings. The van der Waals surface area contributed by atoms with Crippen LogP contribution in [0.25, 0.3) is 0 Å². The van der Waals surface area contributed by atoms with Gasteiger partial charge < -0.3 is 14.4 Å². The number of methoxy groups -OCH3 is 1. The molecule has 1 N–H and O–H groups in total. The summed E-state index contributed by atoms with van der Waals surface area (Å²) in [4.78, 5) is -0.0527. The van der Waals surface area contributed by atoms with Crippen LogP contribution in [0.2, 0.25) is 5.02 Å². The second kappa shape index (κ2) is 5.25. The van der Waals surface area contributed by atoms with Gasteiger partial charge in [0.15, 0.2) is 5.79 Å². The van der Waals surface area contributed by atoms with E-state index in [9.17, 15) is 13.9 Å². The Kier molecular flexibility index (Phi) is 4.46. The van der Waals surface area contributed by atoms with E-state index in [4.69, 9.17) is 16.3 Å². The molecule has 6 heteroatoms. The van der Waals surface area contributed by atoms with Crippen LogP contribution in [0.4, 0.5) is 0 Å². The maximum Gasteiger partial charge on any atom is 0.191 e. The fraction of sp³-hybridized carbons (Fsp3) is 0.400. The van der Waals surface area contributed by atoms with Crippen LogP contribution in [0.3, 0.4) is 0 Å². The summed E-state index contributed by atoms with van der Waals surface area (Å²) in [6.07, 6.45) is 0.302. The van der Waals surface area contributed by atoms with E-state index in [1.807, 2.05) is 0 Å². The Morgan fingerprint density at radius 1 is 1.62 bits per heavy atom. The molecule has 0 fully saturated rings. The number of ether oxygens (including phenoxy) is 1. The predicted octanol–water partition coefficient (Wildman–Crippen LogP) is 1.78. The van der Waals surface area contributed by atoms with E-state index >= 15 is 0 Å². The maximum atomic E-state index is 10.9. The van der Waals surface area contributed by atoms with Gasteiger partial charge in [0.25, 0.3) is 0 Å². The van der Waals surface area contributed by atoms with E-state index in [2.05, 4.69) is 0 Å². The summed E-state index contributed by atoms with van der Waals surface area (Å²) < 4.78 is 26.7. The minimum atomic E-state index is -2.44. The number of hydrogen-bond acceptors (Lipinski definition) is 4. The summed E-state index contributed by atoms with van der Waals surface area (Å²) in [7, 11) is 1.35. The van der Waals surface area contributed by atoms with Gasteiger partial charge in [0, 0.05) is 24.0 Å². The Morgan fingerprint density at radius 2 is 2.25 bits per heavy atom. The third-order valence-corrected chi connectivity index (χ3v) is 3.52. The third kappa shape index (κ3) is 2.61. The molecule has 0 radical (unpaired) electrons. The van der Waals surface area contributed by atoms with Gasteiger partial charge in [-0.15, -0.1) is 0 Å². The molecule has 0 aromatic heterocycles. The zero-order valence-electron chi connectivity index (χ0n) is 8.90. The molecule has 0 heterocycles. The van der Waals surface area contributed by atoms with Gasteiger partial charge in [-0.25, -0.2) is 0 Å². The zero-order valence-corrected chi connectivity index (χ0v) is 10.5. The van der Waals surface area contributed by atoms with Crippen molar-refractivity contribution in [1.82, 2.24) is 0 Å². The van der Waals surface area contributed by atoms with E-state index in [0.717, 1.165) is 0 Å². The summed E-state index contributed by atoms with van der Waals surface area (Å²) in [5.74, 6) is -1.49. The minimum Gasteiger partial charge on any atom is -0.768 e. The number of rotatable bonds is 4. The van der Waals surface area contributed by atoms with Gasteiger partial charge in [0.2, 0.25) is 0 Å². The molecule has 0 spiro atoms. The van der Waals surface area contributed by atoms with Crippen LogP contribution in [-0.2, 0) is 21.6 Å². The van der Waals surface area contributed by atoms with E-state index in [0.29, 0.717) is 12.0 Å². The molecule has 0 saturated heterocycles. The van der Waals surface area contributed by atoms with Crippen molar-refractivity contribution in [2.45, 2.75) is 24.0 Å². The van der Waals surface area contributed by atoms with E-state index in [1.165, 1.54) is 25.3 Å². The fourth-order valence-corrected chi connectivity index (χ4v) is 2.10. The first-order chi connectivity index (χ1) is 7.44. The summed E-state index contributed by atoms with van der Waals surface area (Å²) >= 11 is 3.27. The minimum absolute atomic E-state index is 0.0527. The van der Waals surface area contributed by atoms with Crippen molar-refractivity contribution in [3.05, 3.63) is 28.8 Å². The molecule has 1 aromatic carbocycles. The Balaban J connectivity index is 3.27. The summed E-state index contributed by atoms with van der Waals surface area (Å²) in [6.45, 7) is 1.73. The van der Waals surface area contributed by atoms with Crippen LogP contribution < -0.4 is 0 Å². The average molecular weight is 264 g/mol. The molecular weight excluding hydrogens is 252 g/mol. The van der Waals surface area contributed by atoms with Gasteiger partial charge in [-0.2, -0.15) is 0 Å². The molecule has 0 aliphatic heterocycles. The average Bonchev–Trinajstić information content (AvgIpc) is 2.28. The fourth-order valence-electron chi connectivity index (χ4n) is 1.34. The van der Waals surface area contributed by atoms with Crippen molar-refractivity contribution < 1.29 is 18.6 Å². The van der Waals surface area contributed by atoms with Crippen LogP contribution in [0, 0.1) is 0 Å². The standard InChI is InChI=1S/C10H13ClO4S/c1-3-10(12,15-2)7-4-5-8(11)9(6-7)16(13)14/h4-6,12H,3H2,1-2H3,(H,13,14)/p-1/t10-/m0/s1. The second-order valence-corrected chi connectivity index (χ2v) is 4.54. The lowest BCUT2D eigenvalue weighted by molar-refractivity contribution is -0.196. The van der Waals surface area contributed by atoms with E-state index < -0.39 is 16.9 Å². The summed E-state index contributed by atoms with van der Waals surface area (Å²) in [5.41, 5.74) is 0.362. The normalized spacial score (nSPS) is 16.8. The molecule has 0 amide bonds. The summed E-state index contributed by atoms with van der Waals surface area (Å²) in [6, 6.07) is 4.26. The SMILES string of the molecule is CC[C@](O)(OC)c1ccc(Cl)c(S(=O)[O-])c1. The van der Waals surface area contributed by atoms with Gasteiger partial charge in [0.05, 0.1) is 5.02 Å². The summed E-state index contributed by atoms with van der Waals surface area (Å²) in [5, 5.41) is 10.1. The number of halogens is 1. The lowest BCUT2D eigenvalue weighted by atomic mass is 10.0. The van der Waals surface area contributed by atoms with E-state index in [-0.39, 0.29) is 9.92 Å². The highest BCUT2D eigenvalue weighted by Gasteiger charge is 2.27. The van der Waals surface area contributed by atoms with Crippen LogP contribution in [0.15, 0.2) is 23.1 Å². The highest BCUT2D eigenvalue weighted by atomic mass is 35.5. The molecule has 1 rings (SSSR count). The predicted molar refractivity (Wildman–Crippen MR) is 59.8 cm³/mol. The Labute approximate surface area is 101 Å². The van der Waals surface area contributed by atoms with Crippen molar-refractivity contribution >= 4 is 22.7 Å². The van der Waals surface area contributed by atoms with Gasteiger partial charge in [-0.1, -0.05) is 24.6 Å². The molecule has 0 saturated carbocycles. The molecule has 2 atom stereocenters. The maximum absolute atomic E-state index is 10.9. The first-order valence-corrected chi connectivity index (χ1v) is 6.06. The Hall–Kier alpha value is -0.460.